The molecule has 2 rings (SSSR count). The van der Waals surface area contributed by atoms with Crippen LogP contribution in [0.15, 0.2) is 66.4 Å². The third-order valence-corrected chi connectivity index (χ3v) is 2.84. The van der Waals surface area contributed by atoms with Gasteiger partial charge < -0.3 is 4.18 Å². The van der Waals surface area contributed by atoms with Crippen LogP contribution < -0.4 is 0 Å². The Morgan fingerprint density at radius 3 is 2.10 bits per heavy atom. The van der Waals surface area contributed by atoms with Gasteiger partial charge in [0.1, 0.15) is 0 Å². The highest BCUT2D eigenvalue weighted by atomic mass is 32.2. The van der Waals surface area contributed by atoms with Crippen molar-refractivity contribution in [1.82, 2.24) is 0 Å². The summed E-state index contributed by atoms with van der Waals surface area (Å²) in [6.45, 7) is 0. The summed E-state index contributed by atoms with van der Waals surface area (Å²) < 4.78 is 24.4. The summed E-state index contributed by atoms with van der Waals surface area (Å²) in [5.41, 5.74) is 1.09. The van der Waals surface area contributed by atoms with Crippen LogP contribution in [-0.4, -0.2) is 14.5 Å². The minimum Gasteiger partial charge on any atom is -0.376 e. The summed E-state index contributed by atoms with van der Waals surface area (Å²) in [5.74, 6) is -0.625. The lowest BCUT2D eigenvalue weighted by molar-refractivity contribution is 0.0989. The van der Waals surface area contributed by atoms with E-state index in [1.165, 1.54) is 6.08 Å². The molecule has 0 amide bonds. The molecule has 2 aromatic carbocycles. The molecule has 0 radical (unpaired) electrons. The van der Waals surface area contributed by atoms with Crippen LogP contribution in [0.5, 0.6) is 0 Å². The van der Waals surface area contributed by atoms with E-state index in [9.17, 15) is 9.00 Å². The van der Waals surface area contributed by atoms with Crippen molar-refractivity contribution in [2.45, 2.75) is 0 Å². The first-order valence-electron chi connectivity index (χ1n) is 5.82. The Morgan fingerprint density at radius 2 is 1.55 bits per heavy atom. The predicted octanol–water partition coefficient (Wildman–Crippen LogP) is 3.06. The highest BCUT2D eigenvalue weighted by Gasteiger charge is 2.16. The van der Waals surface area contributed by atoms with Gasteiger partial charge in [-0.25, -0.2) is 0 Å². The average Bonchev–Trinajstić information content (AvgIpc) is 2.47. The molecule has 0 saturated heterocycles. The molecule has 0 fully saturated rings. The zero-order valence-electron chi connectivity index (χ0n) is 10.4. The Morgan fingerprint density at radius 1 is 1.00 bits per heavy atom. The summed E-state index contributed by atoms with van der Waals surface area (Å²) in [7, 11) is 0. The molecule has 0 saturated carbocycles. The van der Waals surface area contributed by atoms with Gasteiger partial charge in [-0.2, -0.15) is 4.21 Å². The molecule has 0 spiro atoms. The summed E-state index contributed by atoms with van der Waals surface area (Å²) in [6, 6.07) is 17.4. The van der Waals surface area contributed by atoms with Gasteiger partial charge in [-0.15, -0.1) is 0 Å². The van der Waals surface area contributed by atoms with Crippen LogP contribution in [0.1, 0.15) is 15.9 Å². The number of ketones is 1. The molecule has 0 aliphatic carbocycles. The van der Waals surface area contributed by atoms with Crippen molar-refractivity contribution in [1.29, 1.82) is 0 Å². The van der Waals surface area contributed by atoms with Crippen molar-refractivity contribution >= 4 is 23.2 Å². The Kier molecular flexibility index (Phi) is 4.81. The smallest absolute Gasteiger partial charge is 0.357 e. The fourth-order valence-electron chi connectivity index (χ4n) is 1.64. The molecule has 2 aromatic rings. The monoisotopic (exact) mass is 288 g/mol. The molecule has 0 bridgehead atoms. The summed E-state index contributed by atoms with van der Waals surface area (Å²) in [4.78, 5) is 12.2. The SMILES string of the molecule is O=C(/C(=C/c1ccccc1)OS(=O)O)c1ccccc1. The zero-order valence-corrected chi connectivity index (χ0v) is 11.2. The number of hydrogen-bond acceptors (Lipinski definition) is 3. The Hall–Kier alpha value is -2.24. The van der Waals surface area contributed by atoms with Gasteiger partial charge in [0.2, 0.25) is 5.78 Å². The molecule has 0 aliphatic rings. The van der Waals surface area contributed by atoms with E-state index in [2.05, 4.69) is 0 Å². The van der Waals surface area contributed by atoms with Crippen LogP contribution >= 0.6 is 0 Å². The minimum atomic E-state index is -2.55. The normalized spacial score (nSPS) is 12.8. The second kappa shape index (κ2) is 6.79. The quantitative estimate of drug-likeness (QED) is 0.397. The van der Waals surface area contributed by atoms with Crippen LogP contribution in [0.4, 0.5) is 0 Å². The standard InChI is InChI=1S/C15H12O4S/c16-15(13-9-5-2-6-10-13)14(19-20(17)18)11-12-7-3-1-4-8-12/h1-11H,(H,17,18)/b14-11-. The second-order valence-electron chi connectivity index (χ2n) is 3.91. The van der Waals surface area contributed by atoms with E-state index in [-0.39, 0.29) is 5.76 Å². The minimum absolute atomic E-state index is 0.178. The molecule has 20 heavy (non-hydrogen) atoms. The number of carbonyl (C=O) groups excluding carboxylic acids is 1. The van der Waals surface area contributed by atoms with Crippen LogP contribution in [0.3, 0.4) is 0 Å². The van der Waals surface area contributed by atoms with Gasteiger partial charge in [0, 0.05) is 5.56 Å². The number of allylic oxidation sites excluding steroid dienone is 1. The topological polar surface area (TPSA) is 63.6 Å². The average molecular weight is 288 g/mol. The van der Waals surface area contributed by atoms with Crippen molar-refractivity contribution < 1.29 is 17.7 Å². The molecule has 1 atom stereocenters. The van der Waals surface area contributed by atoms with Gasteiger partial charge in [0.25, 0.3) is 0 Å². The molecule has 0 heterocycles. The third-order valence-electron chi connectivity index (χ3n) is 2.52. The van der Waals surface area contributed by atoms with Crippen molar-refractivity contribution in [3.8, 4) is 0 Å². The second-order valence-corrected chi connectivity index (χ2v) is 4.52. The fourth-order valence-corrected chi connectivity index (χ4v) is 1.91. The van der Waals surface area contributed by atoms with Gasteiger partial charge in [0.05, 0.1) is 0 Å². The number of hydrogen-bond donors (Lipinski definition) is 1. The van der Waals surface area contributed by atoms with Crippen molar-refractivity contribution in [2.24, 2.45) is 0 Å². The molecule has 5 heteroatoms. The van der Waals surface area contributed by atoms with E-state index >= 15 is 0 Å². The lowest BCUT2D eigenvalue weighted by Crippen LogP contribution is -2.08. The number of carbonyl (C=O) groups is 1. The Labute approximate surface area is 119 Å². The van der Waals surface area contributed by atoms with E-state index in [0.29, 0.717) is 11.1 Å². The van der Waals surface area contributed by atoms with Crippen molar-refractivity contribution in [3.63, 3.8) is 0 Å². The first kappa shape index (κ1) is 14.2. The molecule has 0 aliphatic heterocycles. The summed E-state index contributed by atoms with van der Waals surface area (Å²) in [5, 5.41) is 0. The number of rotatable bonds is 5. The van der Waals surface area contributed by atoms with Gasteiger partial charge in [-0.1, -0.05) is 60.7 Å². The molecule has 1 N–H and O–H groups in total. The van der Waals surface area contributed by atoms with Gasteiger partial charge in [-0.3, -0.25) is 9.35 Å². The van der Waals surface area contributed by atoms with Crippen molar-refractivity contribution in [3.05, 3.63) is 77.5 Å². The molecule has 4 nitrogen and oxygen atoms in total. The van der Waals surface area contributed by atoms with Gasteiger partial charge >= 0.3 is 11.4 Å². The molecular weight excluding hydrogens is 276 g/mol. The van der Waals surface area contributed by atoms with Crippen LogP contribution in [0.25, 0.3) is 6.08 Å². The van der Waals surface area contributed by atoms with E-state index in [4.69, 9.17) is 8.74 Å². The maximum absolute atomic E-state index is 12.2. The van der Waals surface area contributed by atoms with Crippen LogP contribution in [-0.2, 0) is 15.5 Å². The molecule has 1 unspecified atom stereocenters. The Balaban J connectivity index is 2.36. The highest BCUT2D eigenvalue weighted by Crippen LogP contribution is 2.15. The van der Waals surface area contributed by atoms with Crippen molar-refractivity contribution in [2.75, 3.05) is 0 Å². The van der Waals surface area contributed by atoms with E-state index < -0.39 is 17.1 Å². The lowest BCUT2D eigenvalue weighted by Gasteiger charge is -2.05. The predicted molar refractivity (Wildman–Crippen MR) is 77.0 cm³/mol. The molecule has 0 aromatic heterocycles. The van der Waals surface area contributed by atoms with E-state index in [1.807, 2.05) is 6.07 Å². The van der Waals surface area contributed by atoms with E-state index in [1.54, 1.807) is 54.6 Å². The first-order chi connectivity index (χ1) is 9.66. The molecular formula is C15H12O4S. The maximum Gasteiger partial charge on any atom is 0.357 e. The first-order valence-corrected chi connectivity index (χ1v) is 6.85. The fraction of sp³-hybridized carbons (Fsp3) is 0. The van der Waals surface area contributed by atoms with E-state index in [0.717, 1.165) is 0 Å². The maximum atomic E-state index is 12.2. The Bertz CT molecular complexity index is 635. The number of Topliss-reactive ketones (excluding diaryl/α,β-unsaturated/α-hetero) is 1. The lowest BCUT2D eigenvalue weighted by atomic mass is 10.1. The van der Waals surface area contributed by atoms with Gasteiger partial charge in [0.15, 0.2) is 5.76 Å². The van der Waals surface area contributed by atoms with Crippen LogP contribution in [0, 0.1) is 0 Å². The summed E-state index contributed by atoms with van der Waals surface area (Å²) >= 11 is -2.55. The largest absolute Gasteiger partial charge is 0.376 e. The molecule has 102 valence electrons. The van der Waals surface area contributed by atoms with Crippen LogP contribution in [0.2, 0.25) is 0 Å². The summed E-state index contributed by atoms with van der Waals surface area (Å²) in [6.07, 6.45) is 1.43. The third kappa shape index (κ3) is 3.88. The zero-order chi connectivity index (χ0) is 14.4. The van der Waals surface area contributed by atoms with Gasteiger partial charge in [-0.05, 0) is 11.6 Å². The highest BCUT2D eigenvalue weighted by molar-refractivity contribution is 7.74. The number of benzene rings is 2.